The number of halogens is 2. The molecule has 4 heteroatoms. The number of benzene rings is 1. The zero-order chi connectivity index (χ0) is 14.5. The molecule has 1 aromatic carbocycles. The molecule has 0 atom stereocenters. The normalized spacial score (nSPS) is 17.1. The van der Waals surface area contributed by atoms with Crippen molar-refractivity contribution >= 4 is 11.6 Å². The predicted molar refractivity (Wildman–Crippen MR) is 82.5 cm³/mol. The highest BCUT2D eigenvalue weighted by atomic mass is 35.5. The van der Waals surface area contributed by atoms with E-state index >= 15 is 0 Å². The van der Waals surface area contributed by atoms with Gasteiger partial charge in [0.1, 0.15) is 5.82 Å². The average molecular weight is 299 g/mol. The molecule has 1 saturated heterocycles. The first-order chi connectivity index (χ1) is 9.56. The van der Waals surface area contributed by atoms with Crippen LogP contribution in [0.1, 0.15) is 32.3 Å². The Hall–Kier alpha value is -0.640. The van der Waals surface area contributed by atoms with E-state index in [0.717, 1.165) is 37.7 Å². The Morgan fingerprint density at radius 1 is 1.35 bits per heavy atom. The molecule has 0 saturated carbocycles. The van der Waals surface area contributed by atoms with E-state index in [0.29, 0.717) is 6.04 Å². The highest BCUT2D eigenvalue weighted by Gasteiger charge is 2.19. The summed E-state index contributed by atoms with van der Waals surface area (Å²) >= 11 is 5.74. The van der Waals surface area contributed by atoms with Crippen LogP contribution >= 0.6 is 11.6 Å². The first-order valence-electron chi connectivity index (χ1n) is 7.45. The molecule has 1 aromatic rings. The van der Waals surface area contributed by atoms with Crippen LogP contribution in [0.25, 0.3) is 0 Å². The highest BCUT2D eigenvalue weighted by molar-refractivity contribution is 6.30. The lowest BCUT2D eigenvalue weighted by atomic mass is 9.96. The minimum atomic E-state index is -0.324. The summed E-state index contributed by atoms with van der Waals surface area (Å²) in [7, 11) is 0. The minimum Gasteiger partial charge on any atom is -0.317 e. The lowest BCUT2D eigenvalue weighted by Gasteiger charge is -2.32. The number of nitrogens with zero attached hydrogens (tertiary/aromatic N) is 1. The Labute approximate surface area is 126 Å². The van der Waals surface area contributed by atoms with Gasteiger partial charge in [0.15, 0.2) is 0 Å². The number of hydrogen-bond donors (Lipinski definition) is 1. The van der Waals surface area contributed by atoms with Crippen molar-refractivity contribution in [1.29, 1.82) is 0 Å². The first-order valence-corrected chi connectivity index (χ1v) is 7.82. The lowest BCUT2D eigenvalue weighted by Crippen LogP contribution is -2.39. The van der Waals surface area contributed by atoms with Gasteiger partial charge in [0.2, 0.25) is 0 Å². The van der Waals surface area contributed by atoms with Crippen LogP contribution in [0.4, 0.5) is 4.39 Å². The summed E-state index contributed by atoms with van der Waals surface area (Å²) in [6.45, 7) is 8.51. The van der Waals surface area contributed by atoms with Crippen LogP contribution in [0.2, 0.25) is 5.02 Å². The molecule has 2 rings (SSSR count). The molecule has 20 heavy (non-hydrogen) atoms. The molecule has 0 amide bonds. The summed E-state index contributed by atoms with van der Waals surface area (Å²) < 4.78 is 13.5. The molecule has 1 fully saturated rings. The van der Waals surface area contributed by atoms with Crippen LogP contribution < -0.4 is 5.32 Å². The monoisotopic (exact) mass is 298 g/mol. The summed E-state index contributed by atoms with van der Waals surface area (Å²) in [5.74, 6) is 0.422. The molecule has 1 heterocycles. The van der Waals surface area contributed by atoms with Gasteiger partial charge < -0.3 is 5.32 Å². The van der Waals surface area contributed by atoms with Crippen molar-refractivity contribution in [3.8, 4) is 0 Å². The summed E-state index contributed by atoms with van der Waals surface area (Å²) in [6, 6.07) is 5.59. The van der Waals surface area contributed by atoms with E-state index in [-0.39, 0.29) is 10.8 Å². The van der Waals surface area contributed by atoms with Gasteiger partial charge >= 0.3 is 0 Å². The Morgan fingerprint density at radius 2 is 2.05 bits per heavy atom. The third kappa shape index (κ3) is 4.44. The zero-order valence-electron chi connectivity index (χ0n) is 12.3. The molecule has 0 aromatic heterocycles. The smallest absolute Gasteiger partial charge is 0.142 e. The van der Waals surface area contributed by atoms with Crippen molar-refractivity contribution < 1.29 is 4.39 Å². The maximum absolute atomic E-state index is 13.5. The van der Waals surface area contributed by atoms with Gasteiger partial charge in [-0.05, 0) is 63.4 Å². The second-order valence-corrected chi connectivity index (χ2v) is 6.37. The van der Waals surface area contributed by atoms with E-state index in [1.54, 1.807) is 12.1 Å². The van der Waals surface area contributed by atoms with Crippen LogP contribution in [0.3, 0.4) is 0 Å². The molecule has 1 aliphatic heterocycles. The van der Waals surface area contributed by atoms with Gasteiger partial charge in [-0.1, -0.05) is 17.7 Å². The van der Waals surface area contributed by atoms with Crippen molar-refractivity contribution in [3.05, 3.63) is 34.6 Å². The molecule has 0 bridgehead atoms. The van der Waals surface area contributed by atoms with Crippen LogP contribution in [-0.4, -0.2) is 30.6 Å². The number of piperidine rings is 1. The second kappa shape index (κ2) is 7.39. The molecular formula is C16H24ClFN2. The van der Waals surface area contributed by atoms with Crippen LogP contribution in [0.15, 0.2) is 18.2 Å². The quantitative estimate of drug-likeness (QED) is 0.892. The topological polar surface area (TPSA) is 15.3 Å². The molecule has 2 nitrogen and oxygen atoms in total. The van der Waals surface area contributed by atoms with E-state index in [9.17, 15) is 4.39 Å². The molecular weight excluding hydrogens is 275 g/mol. The maximum atomic E-state index is 13.5. The van der Waals surface area contributed by atoms with E-state index in [4.69, 9.17) is 11.6 Å². The summed E-state index contributed by atoms with van der Waals surface area (Å²) in [5, 5.41) is 3.60. The Morgan fingerprint density at radius 3 is 2.65 bits per heavy atom. The second-order valence-electron chi connectivity index (χ2n) is 5.97. The molecule has 0 aliphatic carbocycles. The summed E-state index contributed by atoms with van der Waals surface area (Å²) in [4.78, 5) is 2.43. The lowest BCUT2D eigenvalue weighted by molar-refractivity contribution is 0.161. The van der Waals surface area contributed by atoms with Gasteiger partial charge in [0.25, 0.3) is 0 Å². The standard InChI is InChI=1S/C16H24ClFN2/c1-12(2)20(10-13-5-7-19-8-6-13)11-14-3-4-15(17)16(18)9-14/h3-4,9,12-13,19H,5-8,10-11H2,1-2H3. The Kier molecular flexibility index (Phi) is 5.82. The van der Waals surface area contributed by atoms with E-state index < -0.39 is 0 Å². The fourth-order valence-electron chi connectivity index (χ4n) is 2.73. The van der Waals surface area contributed by atoms with Crippen molar-refractivity contribution in [2.75, 3.05) is 19.6 Å². The molecule has 112 valence electrons. The summed E-state index contributed by atoms with van der Waals surface area (Å²) in [6.07, 6.45) is 2.47. The fourth-order valence-corrected chi connectivity index (χ4v) is 2.84. The molecule has 1 aliphatic rings. The van der Waals surface area contributed by atoms with Gasteiger partial charge in [0, 0.05) is 19.1 Å². The van der Waals surface area contributed by atoms with Gasteiger partial charge in [-0.25, -0.2) is 4.39 Å². The van der Waals surface area contributed by atoms with Crippen LogP contribution in [-0.2, 0) is 6.54 Å². The Bertz CT molecular complexity index is 430. The zero-order valence-corrected chi connectivity index (χ0v) is 13.1. The third-order valence-corrected chi connectivity index (χ3v) is 4.36. The van der Waals surface area contributed by atoms with Gasteiger partial charge in [0.05, 0.1) is 5.02 Å². The van der Waals surface area contributed by atoms with E-state index in [1.165, 1.54) is 12.8 Å². The van der Waals surface area contributed by atoms with Crippen molar-refractivity contribution in [2.24, 2.45) is 5.92 Å². The van der Waals surface area contributed by atoms with Gasteiger partial charge in [-0.2, -0.15) is 0 Å². The molecule has 0 spiro atoms. The van der Waals surface area contributed by atoms with E-state index in [2.05, 4.69) is 24.1 Å². The number of nitrogens with one attached hydrogen (secondary N) is 1. The fraction of sp³-hybridized carbons (Fsp3) is 0.625. The van der Waals surface area contributed by atoms with Gasteiger partial charge in [-0.3, -0.25) is 4.90 Å². The third-order valence-electron chi connectivity index (χ3n) is 4.05. The van der Waals surface area contributed by atoms with Crippen molar-refractivity contribution in [2.45, 2.75) is 39.3 Å². The summed E-state index contributed by atoms with van der Waals surface area (Å²) in [5.41, 5.74) is 0.995. The first kappa shape index (κ1) is 15.7. The predicted octanol–water partition coefficient (Wildman–Crippen LogP) is 3.69. The van der Waals surface area contributed by atoms with Crippen molar-refractivity contribution in [1.82, 2.24) is 10.2 Å². The minimum absolute atomic E-state index is 0.197. The molecule has 1 N–H and O–H groups in total. The van der Waals surface area contributed by atoms with Crippen LogP contribution in [0.5, 0.6) is 0 Å². The maximum Gasteiger partial charge on any atom is 0.142 e. The average Bonchev–Trinajstić information content (AvgIpc) is 2.43. The van der Waals surface area contributed by atoms with E-state index in [1.807, 2.05) is 6.07 Å². The highest BCUT2D eigenvalue weighted by Crippen LogP contribution is 2.20. The van der Waals surface area contributed by atoms with Gasteiger partial charge in [-0.15, -0.1) is 0 Å². The molecule has 0 radical (unpaired) electrons. The number of rotatable bonds is 5. The van der Waals surface area contributed by atoms with Crippen molar-refractivity contribution in [3.63, 3.8) is 0 Å². The van der Waals surface area contributed by atoms with Crippen LogP contribution in [0, 0.1) is 11.7 Å². The largest absolute Gasteiger partial charge is 0.317 e. The Balaban J connectivity index is 1.99. The number of hydrogen-bond acceptors (Lipinski definition) is 2. The SMILES string of the molecule is CC(C)N(Cc1ccc(Cl)c(F)c1)CC1CCNCC1. The molecule has 0 unspecified atom stereocenters.